The van der Waals surface area contributed by atoms with Crippen LogP contribution in [0.25, 0.3) is 11.5 Å². The van der Waals surface area contributed by atoms with E-state index in [0.717, 1.165) is 11.0 Å². The Bertz CT molecular complexity index is 544. The zero-order valence-corrected chi connectivity index (χ0v) is 11.7. The number of aromatic nitrogens is 2. The molecule has 0 radical (unpaired) electrons. The SMILES string of the molecule is CCNC(C)c1nnc(-c2cc(Br)ccc2F)o1. The summed E-state index contributed by atoms with van der Waals surface area (Å²) < 4.78 is 19.9. The van der Waals surface area contributed by atoms with E-state index in [2.05, 4.69) is 31.4 Å². The second-order valence-corrected chi connectivity index (χ2v) is 4.76. The van der Waals surface area contributed by atoms with Crippen LogP contribution in [0.15, 0.2) is 27.1 Å². The van der Waals surface area contributed by atoms with Crippen molar-refractivity contribution in [3.05, 3.63) is 34.4 Å². The molecule has 2 aromatic rings. The van der Waals surface area contributed by atoms with Crippen LogP contribution in [0.1, 0.15) is 25.8 Å². The third-order valence-corrected chi connectivity index (χ3v) is 2.97. The van der Waals surface area contributed by atoms with Crippen molar-refractivity contribution in [1.82, 2.24) is 15.5 Å². The number of rotatable bonds is 4. The van der Waals surface area contributed by atoms with E-state index in [1.54, 1.807) is 12.1 Å². The molecule has 0 aliphatic carbocycles. The van der Waals surface area contributed by atoms with E-state index < -0.39 is 0 Å². The number of hydrogen-bond acceptors (Lipinski definition) is 4. The summed E-state index contributed by atoms with van der Waals surface area (Å²) in [7, 11) is 0. The van der Waals surface area contributed by atoms with Crippen LogP contribution >= 0.6 is 15.9 Å². The molecule has 0 fully saturated rings. The predicted octanol–water partition coefficient (Wildman–Crippen LogP) is 3.31. The molecular formula is C12H13BrFN3O. The Labute approximate surface area is 113 Å². The van der Waals surface area contributed by atoms with Gasteiger partial charge >= 0.3 is 0 Å². The van der Waals surface area contributed by atoms with Crippen molar-refractivity contribution in [2.24, 2.45) is 0 Å². The fourth-order valence-corrected chi connectivity index (χ4v) is 1.93. The van der Waals surface area contributed by atoms with Gasteiger partial charge in [-0.25, -0.2) is 4.39 Å². The van der Waals surface area contributed by atoms with Gasteiger partial charge in [-0.2, -0.15) is 0 Å². The first-order chi connectivity index (χ1) is 8.61. The molecule has 2 rings (SSSR count). The molecule has 0 bridgehead atoms. The molecular weight excluding hydrogens is 301 g/mol. The molecule has 1 unspecified atom stereocenters. The Morgan fingerprint density at radius 3 is 2.94 bits per heavy atom. The Kier molecular flexibility index (Phi) is 4.08. The summed E-state index contributed by atoms with van der Waals surface area (Å²) in [6.45, 7) is 4.70. The van der Waals surface area contributed by atoms with Crippen molar-refractivity contribution in [3.63, 3.8) is 0 Å². The van der Waals surface area contributed by atoms with Crippen LogP contribution < -0.4 is 5.32 Å². The topological polar surface area (TPSA) is 51.0 Å². The minimum Gasteiger partial charge on any atom is -0.419 e. The maximum Gasteiger partial charge on any atom is 0.250 e. The van der Waals surface area contributed by atoms with E-state index >= 15 is 0 Å². The average molecular weight is 314 g/mol. The van der Waals surface area contributed by atoms with Gasteiger partial charge in [0.1, 0.15) is 5.82 Å². The summed E-state index contributed by atoms with van der Waals surface area (Å²) in [4.78, 5) is 0. The van der Waals surface area contributed by atoms with Gasteiger partial charge in [-0.15, -0.1) is 10.2 Å². The molecule has 96 valence electrons. The average Bonchev–Trinajstić information content (AvgIpc) is 2.82. The third kappa shape index (κ3) is 2.76. The molecule has 0 spiro atoms. The molecule has 6 heteroatoms. The molecule has 1 aromatic heterocycles. The lowest BCUT2D eigenvalue weighted by Gasteiger charge is -2.05. The molecule has 1 N–H and O–H groups in total. The number of halogens is 2. The van der Waals surface area contributed by atoms with Crippen LogP contribution in [0.2, 0.25) is 0 Å². The quantitative estimate of drug-likeness (QED) is 0.941. The largest absolute Gasteiger partial charge is 0.419 e. The Morgan fingerprint density at radius 2 is 2.22 bits per heavy atom. The van der Waals surface area contributed by atoms with Crippen molar-refractivity contribution in [2.75, 3.05) is 6.54 Å². The highest BCUT2D eigenvalue weighted by molar-refractivity contribution is 9.10. The second-order valence-electron chi connectivity index (χ2n) is 3.85. The van der Waals surface area contributed by atoms with Crippen molar-refractivity contribution >= 4 is 15.9 Å². The molecule has 1 aromatic carbocycles. The molecule has 0 amide bonds. The zero-order valence-electron chi connectivity index (χ0n) is 10.1. The highest BCUT2D eigenvalue weighted by atomic mass is 79.9. The monoisotopic (exact) mass is 313 g/mol. The first kappa shape index (κ1) is 13.2. The van der Waals surface area contributed by atoms with Crippen LogP contribution in [0.5, 0.6) is 0 Å². The molecule has 4 nitrogen and oxygen atoms in total. The van der Waals surface area contributed by atoms with Gasteiger partial charge in [0.2, 0.25) is 5.89 Å². The summed E-state index contributed by atoms with van der Waals surface area (Å²) in [5.74, 6) is 0.254. The summed E-state index contributed by atoms with van der Waals surface area (Å²) in [5, 5.41) is 10.9. The number of hydrogen-bond donors (Lipinski definition) is 1. The van der Waals surface area contributed by atoms with Crippen LogP contribution in [0, 0.1) is 5.82 Å². The number of nitrogens with zero attached hydrogens (tertiary/aromatic N) is 2. The number of nitrogens with one attached hydrogen (secondary N) is 1. The molecule has 0 saturated carbocycles. The van der Waals surface area contributed by atoms with Gasteiger partial charge in [0.25, 0.3) is 5.89 Å². The molecule has 0 aliphatic rings. The molecule has 18 heavy (non-hydrogen) atoms. The lowest BCUT2D eigenvalue weighted by atomic mass is 10.2. The van der Waals surface area contributed by atoms with Crippen molar-refractivity contribution in [3.8, 4) is 11.5 Å². The van der Waals surface area contributed by atoms with Crippen molar-refractivity contribution < 1.29 is 8.81 Å². The number of benzene rings is 1. The van der Waals surface area contributed by atoms with Crippen LogP contribution in [-0.2, 0) is 0 Å². The Balaban J connectivity index is 2.32. The lowest BCUT2D eigenvalue weighted by molar-refractivity contribution is 0.427. The second kappa shape index (κ2) is 5.58. The maximum atomic E-state index is 13.6. The van der Waals surface area contributed by atoms with Gasteiger partial charge in [-0.1, -0.05) is 22.9 Å². The molecule has 0 saturated heterocycles. The van der Waals surface area contributed by atoms with Gasteiger partial charge in [0, 0.05) is 4.47 Å². The fourth-order valence-electron chi connectivity index (χ4n) is 1.57. The van der Waals surface area contributed by atoms with E-state index in [0.29, 0.717) is 11.5 Å². The third-order valence-electron chi connectivity index (χ3n) is 2.48. The van der Waals surface area contributed by atoms with E-state index in [9.17, 15) is 4.39 Å². The minimum absolute atomic E-state index is 0.0496. The van der Waals surface area contributed by atoms with Crippen LogP contribution in [0.4, 0.5) is 4.39 Å². The van der Waals surface area contributed by atoms with E-state index in [1.807, 2.05) is 13.8 Å². The van der Waals surface area contributed by atoms with E-state index in [-0.39, 0.29) is 17.7 Å². The molecule has 0 aliphatic heterocycles. The lowest BCUT2D eigenvalue weighted by Crippen LogP contribution is -2.17. The summed E-state index contributed by atoms with van der Waals surface area (Å²) in [6, 6.07) is 4.55. The van der Waals surface area contributed by atoms with Crippen molar-refractivity contribution in [1.29, 1.82) is 0 Å². The summed E-state index contributed by atoms with van der Waals surface area (Å²) >= 11 is 3.29. The fraction of sp³-hybridized carbons (Fsp3) is 0.333. The normalized spacial score (nSPS) is 12.7. The first-order valence-corrected chi connectivity index (χ1v) is 6.43. The van der Waals surface area contributed by atoms with Gasteiger partial charge in [-0.3, -0.25) is 0 Å². The van der Waals surface area contributed by atoms with Gasteiger partial charge in [0.05, 0.1) is 11.6 Å². The Hall–Kier alpha value is -1.27. The summed E-state index contributed by atoms with van der Waals surface area (Å²) in [5.41, 5.74) is 0.298. The highest BCUT2D eigenvalue weighted by Crippen LogP contribution is 2.26. The molecule has 1 atom stereocenters. The van der Waals surface area contributed by atoms with Gasteiger partial charge < -0.3 is 9.73 Å². The zero-order chi connectivity index (χ0) is 13.1. The first-order valence-electron chi connectivity index (χ1n) is 5.64. The Morgan fingerprint density at radius 1 is 1.44 bits per heavy atom. The van der Waals surface area contributed by atoms with Crippen LogP contribution in [0.3, 0.4) is 0 Å². The van der Waals surface area contributed by atoms with Crippen molar-refractivity contribution in [2.45, 2.75) is 19.9 Å². The highest BCUT2D eigenvalue weighted by Gasteiger charge is 2.16. The maximum absolute atomic E-state index is 13.6. The van der Waals surface area contributed by atoms with E-state index in [1.165, 1.54) is 6.07 Å². The standard InChI is InChI=1S/C12H13BrFN3O/c1-3-15-7(2)11-16-17-12(18-11)9-6-8(13)4-5-10(9)14/h4-7,15H,3H2,1-2H3. The summed E-state index contributed by atoms with van der Waals surface area (Å²) in [6.07, 6.45) is 0. The van der Waals surface area contributed by atoms with Gasteiger partial charge in [0.15, 0.2) is 0 Å². The smallest absolute Gasteiger partial charge is 0.250 e. The predicted molar refractivity (Wildman–Crippen MR) is 69.5 cm³/mol. The van der Waals surface area contributed by atoms with Crippen LogP contribution in [-0.4, -0.2) is 16.7 Å². The van der Waals surface area contributed by atoms with E-state index in [4.69, 9.17) is 4.42 Å². The molecule has 1 heterocycles. The van der Waals surface area contributed by atoms with Gasteiger partial charge in [-0.05, 0) is 31.7 Å². The minimum atomic E-state index is -0.385.